The van der Waals surface area contributed by atoms with E-state index in [1.165, 1.54) is 57.8 Å². The highest BCUT2D eigenvalue weighted by Gasteiger charge is 2.33. The van der Waals surface area contributed by atoms with E-state index in [0.29, 0.717) is 5.92 Å². The Bertz CT molecular complexity index is 2420. The molecule has 6 atom stereocenters. The summed E-state index contributed by atoms with van der Waals surface area (Å²) in [4.78, 5) is 72.6. The minimum atomic E-state index is -0.166. The zero-order valence-electron chi connectivity index (χ0n) is 69.1. The van der Waals surface area contributed by atoms with Gasteiger partial charge in [-0.1, -0.05) is 165 Å². The Balaban J connectivity index is -0.00000111. The standard InChI is InChI=1S/C16H29NO.C15H27NO.C15H29NO.2C14H25NO.C12H23NO/c1-5-6-11-14(12-13-9-7-8-10-13)15(18)17-16(2,3)4;1-5-6-10-13(11-12-8-7-9-12)14(17)16-15(2,3)4;1-8-9-10-12(11-14(2,3)4)13(17)16-15(5,6)7;1-5-6-7-12(10-11-8-9-11)13(16)15-14(2,3)4;1-7-8-9-12(10-11(2)3)13(16)15-14(4,5)6;1-7-8-10(9(2)3)11(14)13-12(4,5)6/h5-6,13-14H,7-12H2,1-4H3,(H,17,18);5-6,12-13H,7-11H2,1-4H3,(H,16,17);8-9,12H,10-11H2,1-7H3,(H,16,17);5-6,11-12H,7-10H2,1-4H3,(H,15,16);7-8,12H,2,9-10H2,1,3-6H3,(H,15,16);7,9-10H,1,8H2,2-6H3,(H,13,14)/b2*6-5+;9-8+;6-5+;8-7+;. The highest BCUT2D eigenvalue weighted by Crippen LogP contribution is 2.37. The monoisotopic (exact) mass is 1370 g/mol. The first kappa shape index (κ1) is 97.2. The molecule has 568 valence electrons. The smallest absolute Gasteiger partial charge is 0.224 e. The third kappa shape index (κ3) is 57.7. The molecule has 3 saturated carbocycles. The third-order valence-electron chi connectivity index (χ3n) is 16.4. The van der Waals surface area contributed by atoms with E-state index in [-0.39, 0.29) is 110 Å². The topological polar surface area (TPSA) is 175 Å². The van der Waals surface area contributed by atoms with Gasteiger partial charge in [0.1, 0.15) is 0 Å². The number of hydrogen-bond donors (Lipinski definition) is 6. The Morgan fingerprint density at radius 2 is 0.612 bits per heavy atom. The summed E-state index contributed by atoms with van der Waals surface area (Å²) in [6.45, 7) is 66.6. The van der Waals surface area contributed by atoms with Gasteiger partial charge in [0, 0.05) is 68.7 Å². The first-order valence-corrected chi connectivity index (χ1v) is 38.1. The van der Waals surface area contributed by atoms with Crippen LogP contribution in [0.1, 0.15) is 329 Å². The van der Waals surface area contributed by atoms with E-state index in [1.54, 1.807) is 0 Å². The molecule has 12 heteroatoms. The predicted octanol–water partition coefficient (Wildman–Crippen LogP) is 21.1. The van der Waals surface area contributed by atoms with E-state index in [4.69, 9.17) is 0 Å². The van der Waals surface area contributed by atoms with Crippen LogP contribution in [0.5, 0.6) is 0 Å². The van der Waals surface area contributed by atoms with Gasteiger partial charge < -0.3 is 31.9 Å². The first-order chi connectivity index (χ1) is 44.8. The quantitative estimate of drug-likeness (QED) is 0.0425. The van der Waals surface area contributed by atoms with Gasteiger partial charge >= 0.3 is 0 Å². The molecule has 6 unspecified atom stereocenters. The van der Waals surface area contributed by atoms with Crippen LogP contribution >= 0.6 is 0 Å². The molecule has 0 bridgehead atoms. The molecule has 0 aliphatic heterocycles. The van der Waals surface area contributed by atoms with E-state index in [9.17, 15) is 28.8 Å². The molecule has 3 fully saturated rings. The summed E-state index contributed by atoms with van der Waals surface area (Å²) >= 11 is 0. The maximum Gasteiger partial charge on any atom is 0.224 e. The summed E-state index contributed by atoms with van der Waals surface area (Å²) in [7, 11) is 0. The van der Waals surface area contributed by atoms with Crippen LogP contribution in [-0.4, -0.2) is 68.7 Å². The molecule has 0 saturated heterocycles. The van der Waals surface area contributed by atoms with Crippen LogP contribution in [0.3, 0.4) is 0 Å². The van der Waals surface area contributed by atoms with Crippen molar-refractivity contribution in [2.45, 2.75) is 362 Å². The number of carbonyl (C=O) groups excluding carboxylic acids is 6. The van der Waals surface area contributed by atoms with Crippen molar-refractivity contribution >= 4 is 35.4 Å². The maximum atomic E-state index is 12.3. The van der Waals surface area contributed by atoms with Crippen molar-refractivity contribution in [2.24, 2.45) is 64.6 Å². The van der Waals surface area contributed by atoms with Crippen molar-refractivity contribution in [1.82, 2.24) is 31.9 Å². The van der Waals surface area contributed by atoms with Gasteiger partial charge in [-0.25, -0.2) is 0 Å². The molecular formula is C86H158N6O6. The molecule has 3 rings (SSSR count). The number of carbonyl (C=O) groups is 6. The molecule has 3 aliphatic carbocycles. The van der Waals surface area contributed by atoms with Crippen LogP contribution < -0.4 is 31.9 Å². The fourth-order valence-corrected chi connectivity index (χ4v) is 11.4. The van der Waals surface area contributed by atoms with Crippen molar-refractivity contribution in [3.05, 3.63) is 85.6 Å². The molecule has 0 aromatic rings. The molecule has 0 spiro atoms. The highest BCUT2D eigenvalue weighted by molar-refractivity contribution is 5.82. The zero-order chi connectivity index (χ0) is 76.5. The molecule has 0 aromatic carbocycles. The van der Waals surface area contributed by atoms with Crippen molar-refractivity contribution in [2.75, 3.05) is 0 Å². The summed E-state index contributed by atoms with van der Waals surface area (Å²) in [5.41, 5.74) is 0.412. The first-order valence-electron chi connectivity index (χ1n) is 38.1. The molecule has 0 heterocycles. The molecule has 0 radical (unpaired) electrons. The normalized spacial score (nSPS) is 16.8. The van der Waals surface area contributed by atoms with Gasteiger partial charge in [0.15, 0.2) is 0 Å². The lowest BCUT2D eigenvalue weighted by Crippen LogP contribution is -2.44. The van der Waals surface area contributed by atoms with E-state index in [1.807, 2.05) is 209 Å². The van der Waals surface area contributed by atoms with E-state index in [0.717, 1.165) is 94.0 Å². The number of allylic oxidation sites excluding steroid dienone is 12. The fourth-order valence-electron chi connectivity index (χ4n) is 11.4. The van der Waals surface area contributed by atoms with Crippen LogP contribution in [-0.2, 0) is 28.8 Å². The predicted molar refractivity (Wildman–Crippen MR) is 424 cm³/mol. The Hall–Kier alpha value is -5.00. The zero-order valence-corrected chi connectivity index (χ0v) is 69.1. The van der Waals surface area contributed by atoms with E-state index >= 15 is 0 Å². The molecular weight excluding hydrogens is 1210 g/mol. The Morgan fingerprint density at radius 1 is 0.367 bits per heavy atom. The van der Waals surface area contributed by atoms with Gasteiger partial charge in [0.05, 0.1) is 0 Å². The van der Waals surface area contributed by atoms with Crippen molar-refractivity contribution in [1.29, 1.82) is 0 Å². The molecule has 98 heavy (non-hydrogen) atoms. The SMILES string of the molecule is C/C=C/CC(CC(C)(C)C)C(=O)NC(C)(C)C.C/C=C/CC(CC1CC1)C(=O)NC(C)(C)C.C/C=C/CC(CC1CCC1)C(=O)NC(C)(C)C.C/C=C/CC(CC1CCCC1)C(=O)NC(C)(C)C.C=C(C)CC(C/C=C/C)C(=O)NC(C)(C)C.C=CCC(C(=O)NC(C)(C)C)C(C)C. The van der Waals surface area contributed by atoms with Crippen LogP contribution in [0.25, 0.3) is 0 Å². The molecule has 6 N–H and O–H groups in total. The summed E-state index contributed by atoms with van der Waals surface area (Å²) in [6, 6.07) is 0. The Morgan fingerprint density at radius 3 is 0.837 bits per heavy atom. The van der Waals surface area contributed by atoms with Gasteiger partial charge in [-0.2, -0.15) is 0 Å². The Kier molecular flexibility index (Phi) is 48.4. The van der Waals surface area contributed by atoms with E-state index < -0.39 is 0 Å². The number of nitrogens with one attached hydrogen (secondary N) is 6. The van der Waals surface area contributed by atoms with Crippen LogP contribution in [0.4, 0.5) is 0 Å². The molecule has 12 nitrogen and oxygen atoms in total. The summed E-state index contributed by atoms with van der Waals surface area (Å²) < 4.78 is 0. The second-order valence-corrected chi connectivity index (χ2v) is 36.3. The van der Waals surface area contributed by atoms with Gasteiger partial charge in [0.25, 0.3) is 0 Å². The summed E-state index contributed by atoms with van der Waals surface area (Å²) in [5, 5.41) is 18.4. The van der Waals surface area contributed by atoms with Gasteiger partial charge in [-0.3, -0.25) is 28.8 Å². The largest absolute Gasteiger partial charge is 0.351 e. The number of hydrogen-bond acceptors (Lipinski definition) is 6. The van der Waals surface area contributed by atoms with Crippen molar-refractivity contribution in [3.8, 4) is 0 Å². The number of rotatable bonds is 28. The fraction of sp³-hybridized carbons (Fsp3) is 0.767. The third-order valence-corrected chi connectivity index (χ3v) is 16.4. The lowest BCUT2D eigenvalue weighted by molar-refractivity contribution is -0.128. The Labute approximate surface area is 605 Å². The van der Waals surface area contributed by atoms with Crippen molar-refractivity contribution in [3.63, 3.8) is 0 Å². The summed E-state index contributed by atoms with van der Waals surface area (Å²) in [6.07, 6.45) is 44.2. The maximum absolute atomic E-state index is 12.3. The van der Waals surface area contributed by atoms with Crippen LogP contribution in [0.2, 0.25) is 0 Å². The lowest BCUT2D eigenvalue weighted by Gasteiger charge is -2.30. The number of amides is 6. The second kappa shape index (κ2) is 48.8. The average Bonchev–Trinajstić information content (AvgIpc) is 1.59. The van der Waals surface area contributed by atoms with Crippen molar-refractivity contribution < 1.29 is 28.8 Å². The minimum absolute atomic E-state index is 0.00734. The van der Waals surface area contributed by atoms with Gasteiger partial charge in [0.2, 0.25) is 35.4 Å². The molecule has 3 aliphatic rings. The van der Waals surface area contributed by atoms with Crippen LogP contribution in [0, 0.1) is 64.6 Å². The van der Waals surface area contributed by atoms with Gasteiger partial charge in [-0.15, -0.1) is 13.2 Å². The van der Waals surface area contributed by atoms with E-state index in [2.05, 4.69) is 104 Å². The molecule has 0 aromatic heterocycles. The second-order valence-electron chi connectivity index (χ2n) is 36.3. The van der Waals surface area contributed by atoms with Gasteiger partial charge in [-0.05, 0) is 266 Å². The molecule has 6 amide bonds. The highest BCUT2D eigenvalue weighted by atomic mass is 16.2. The average molecular weight is 1370 g/mol. The lowest BCUT2D eigenvalue weighted by atomic mass is 9.78. The van der Waals surface area contributed by atoms with Crippen LogP contribution in [0.15, 0.2) is 85.6 Å². The summed E-state index contributed by atoms with van der Waals surface area (Å²) in [5.74, 6) is 4.43. The minimum Gasteiger partial charge on any atom is -0.351 e.